The predicted octanol–water partition coefficient (Wildman–Crippen LogP) is 3.89. The van der Waals surface area contributed by atoms with Gasteiger partial charge >= 0.3 is 0 Å². The van der Waals surface area contributed by atoms with Crippen molar-refractivity contribution in [1.29, 1.82) is 0 Å². The van der Waals surface area contributed by atoms with Crippen LogP contribution in [0.1, 0.15) is 23.6 Å². The Hall–Kier alpha value is -2.01. The molecular weight excluding hydrogens is 284 g/mol. The molecule has 0 saturated carbocycles. The third-order valence-corrected chi connectivity index (χ3v) is 4.27. The number of methoxy groups -OCH3 is 1. The first-order chi connectivity index (χ1) is 10.1. The largest absolute Gasteiger partial charge is 0.494 e. The van der Waals surface area contributed by atoms with Crippen LogP contribution in [0.3, 0.4) is 0 Å². The SMILES string of the molecule is CCc1ccc(CNc2ccc(NC(C)=O)c(OC)c2)s1. The summed E-state index contributed by atoms with van der Waals surface area (Å²) in [6.07, 6.45) is 1.07. The molecule has 0 aliphatic carbocycles. The third-order valence-electron chi connectivity index (χ3n) is 3.04. The molecule has 0 unspecified atom stereocenters. The van der Waals surface area contributed by atoms with Gasteiger partial charge in [-0.25, -0.2) is 0 Å². The number of aryl methyl sites for hydroxylation is 1. The van der Waals surface area contributed by atoms with E-state index < -0.39 is 0 Å². The Kier molecular flexibility index (Phi) is 5.22. The predicted molar refractivity (Wildman–Crippen MR) is 88.3 cm³/mol. The molecule has 2 rings (SSSR count). The zero-order valence-electron chi connectivity index (χ0n) is 12.5. The van der Waals surface area contributed by atoms with E-state index in [2.05, 4.69) is 29.7 Å². The Labute approximate surface area is 129 Å². The highest BCUT2D eigenvalue weighted by Gasteiger charge is 2.06. The van der Waals surface area contributed by atoms with Crippen molar-refractivity contribution in [2.24, 2.45) is 0 Å². The van der Waals surface area contributed by atoms with Crippen LogP contribution in [0.2, 0.25) is 0 Å². The summed E-state index contributed by atoms with van der Waals surface area (Å²) in [5.41, 5.74) is 1.65. The van der Waals surface area contributed by atoms with Crippen molar-refractivity contribution >= 4 is 28.6 Å². The fourth-order valence-corrected chi connectivity index (χ4v) is 2.89. The molecule has 1 heterocycles. The number of nitrogens with one attached hydrogen (secondary N) is 2. The molecule has 0 atom stereocenters. The van der Waals surface area contributed by atoms with E-state index >= 15 is 0 Å². The molecule has 0 fully saturated rings. The molecule has 112 valence electrons. The van der Waals surface area contributed by atoms with Crippen molar-refractivity contribution in [1.82, 2.24) is 0 Å². The minimum absolute atomic E-state index is 0.111. The summed E-state index contributed by atoms with van der Waals surface area (Å²) in [5, 5.41) is 6.12. The third kappa shape index (κ3) is 4.23. The molecule has 1 amide bonds. The number of hydrogen-bond donors (Lipinski definition) is 2. The molecule has 0 bridgehead atoms. The van der Waals surface area contributed by atoms with Crippen LogP contribution in [0, 0.1) is 0 Å². The lowest BCUT2D eigenvalue weighted by atomic mass is 10.2. The Bertz CT molecular complexity index is 622. The van der Waals surface area contributed by atoms with E-state index in [0.29, 0.717) is 11.4 Å². The number of hydrogen-bond acceptors (Lipinski definition) is 4. The van der Waals surface area contributed by atoms with Crippen LogP contribution in [0.25, 0.3) is 0 Å². The molecule has 5 heteroatoms. The van der Waals surface area contributed by atoms with E-state index in [1.54, 1.807) is 7.11 Å². The number of benzene rings is 1. The van der Waals surface area contributed by atoms with Crippen LogP contribution in [0.15, 0.2) is 30.3 Å². The lowest BCUT2D eigenvalue weighted by Crippen LogP contribution is -2.07. The molecular formula is C16H20N2O2S. The first-order valence-electron chi connectivity index (χ1n) is 6.89. The van der Waals surface area contributed by atoms with Crippen molar-refractivity contribution in [3.05, 3.63) is 40.1 Å². The van der Waals surface area contributed by atoms with E-state index in [9.17, 15) is 4.79 Å². The number of anilines is 2. The van der Waals surface area contributed by atoms with Crippen LogP contribution in [0.5, 0.6) is 5.75 Å². The molecule has 1 aromatic carbocycles. The van der Waals surface area contributed by atoms with Gasteiger partial charge in [0.15, 0.2) is 0 Å². The zero-order chi connectivity index (χ0) is 15.2. The number of carbonyl (C=O) groups excluding carboxylic acids is 1. The molecule has 2 N–H and O–H groups in total. The van der Waals surface area contributed by atoms with Gasteiger partial charge in [-0.05, 0) is 30.7 Å². The van der Waals surface area contributed by atoms with Gasteiger partial charge in [-0.1, -0.05) is 6.92 Å². The van der Waals surface area contributed by atoms with Crippen LogP contribution >= 0.6 is 11.3 Å². The van der Waals surface area contributed by atoms with Crippen LogP contribution < -0.4 is 15.4 Å². The Morgan fingerprint density at radius 2 is 2.00 bits per heavy atom. The number of amides is 1. The molecule has 4 nitrogen and oxygen atoms in total. The van der Waals surface area contributed by atoms with Crippen LogP contribution in [0.4, 0.5) is 11.4 Å². The first kappa shape index (κ1) is 15.4. The van der Waals surface area contributed by atoms with Crippen molar-refractivity contribution in [2.45, 2.75) is 26.8 Å². The van der Waals surface area contributed by atoms with Gasteiger partial charge in [-0.2, -0.15) is 0 Å². The minimum atomic E-state index is -0.111. The van der Waals surface area contributed by atoms with Crippen LogP contribution in [-0.4, -0.2) is 13.0 Å². The second-order valence-corrected chi connectivity index (χ2v) is 5.92. The lowest BCUT2D eigenvalue weighted by Gasteiger charge is -2.12. The quantitative estimate of drug-likeness (QED) is 0.851. The summed E-state index contributed by atoms with van der Waals surface area (Å²) < 4.78 is 5.31. The molecule has 0 spiro atoms. The topological polar surface area (TPSA) is 50.4 Å². The maximum Gasteiger partial charge on any atom is 0.221 e. The highest BCUT2D eigenvalue weighted by Crippen LogP contribution is 2.28. The van der Waals surface area contributed by atoms with E-state index in [-0.39, 0.29) is 5.91 Å². The van der Waals surface area contributed by atoms with Gasteiger partial charge in [0.25, 0.3) is 0 Å². The van der Waals surface area contributed by atoms with Gasteiger partial charge in [0.1, 0.15) is 5.75 Å². The molecule has 0 saturated heterocycles. The minimum Gasteiger partial charge on any atom is -0.494 e. The van der Waals surface area contributed by atoms with E-state index in [1.807, 2.05) is 29.5 Å². The smallest absolute Gasteiger partial charge is 0.221 e. The van der Waals surface area contributed by atoms with Gasteiger partial charge in [0, 0.05) is 35.0 Å². The second-order valence-electron chi connectivity index (χ2n) is 4.67. The van der Waals surface area contributed by atoms with Gasteiger partial charge in [0.2, 0.25) is 5.91 Å². The summed E-state index contributed by atoms with van der Waals surface area (Å²) >= 11 is 1.82. The van der Waals surface area contributed by atoms with E-state index in [0.717, 1.165) is 18.7 Å². The molecule has 0 radical (unpaired) electrons. The summed E-state index contributed by atoms with van der Waals surface area (Å²) in [6, 6.07) is 9.98. The number of thiophene rings is 1. The average molecular weight is 304 g/mol. The summed E-state index contributed by atoms with van der Waals surface area (Å²) in [6.45, 7) is 4.43. The molecule has 0 aliphatic rings. The van der Waals surface area contributed by atoms with Crippen molar-refractivity contribution in [3.63, 3.8) is 0 Å². The number of carbonyl (C=O) groups is 1. The van der Waals surface area contributed by atoms with E-state index in [1.165, 1.54) is 16.7 Å². The van der Waals surface area contributed by atoms with Crippen molar-refractivity contribution in [2.75, 3.05) is 17.7 Å². The van der Waals surface area contributed by atoms with Crippen LogP contribution in [-0.2, 0) is 17.8 Å². The fourth-order valence-electron chi connectivity index (χ4n) is 1.99. The molecule has 21 heavy (non-hydrogen) atoms. The average Bonchev–Trinajstić information content (AvgIpc) is 2.93. The Morgan fingerprint density at radius 1 is 1.24 bits per heavy atom. The van der Waals surface area contributed by atoms with E-state index in [4.69, 9.17) is 4.74 Å². The summed E-state index contributed by atoms with van der Waals surface area (Å²) in [7, 11) is 1.59. The van der Waals surface area contributed by atoms with Crippen molar-refractivity contribution in [3.8, 4) is 5.75 Å². The Morgan fingerprint density at radius 3 is 2.62 bits per heavy atom. The fraction of sp³-hybridized carbons (Fsp3) is 0.312. The van der Waals surface area contributed by atoms with Gasteiger partial charge in [-0.3, -0.25) is 4.79 Å². The first-order valence-corrected chi connectivity index (χ1v) is 7.71. The van der Waals surface area contributed by atoms with Gasteiger partial charge in [-0.15, -0.1) is 11.3 Å². The Balaban J connectivity index is 2.04. The lowest BCUT2D eigenvalue weighted by molar-refractivity contribution is -0.114. The highest BCUT2D eigenvalue weighted by molar-refractivity contribution is 7.12. The molecule has 0 aliphatic heterocycles. The standard InChI is InChI=1S/C16H20N2O2S/c1-4-13-6-7-14(21-13)10-17-12-5-8-15(18-11(2)19)16(9-12)20-3/h5-9,17H,4,10H2,1-3H3,(H,18,19). The van der Waals surface area contributed by atoms with Gasteiger partial charge < -0.3 is 15.4 Å². The maximum atomic E-state index is 11.1. The second kappa shape index (κ2) is 7.13. The normalized spacial score (nSPS) is 10.2. The zero-order valence-corrected chi connectivity index (χ0v) is 13.3. The highest BCUT2D eigenvalue weighted by atomic mass is 32.1. The van der Waals surface area contributed by atoms with Crippen molar-refractivity contribution < 1.29 is 9.53 Å². The maximum absolute atomic E-state index is 11.1. The summed E-state index contributed by atoms with van der Waals surface area (Å²) in [4.78, 5) is 13.8. The van der Waals surface area contributed by atoms with Gasteiger partial charge in [0.05, 0.1) is 12.8 Å². The summed E-state index contributed by atoms with van der Waals surface area (Å²) in [5.74, 6) is 0.537. The molecule has 1 aromatic heterocycles. The monoisotopic (exact) mass is 304 g/mol. The number of rotatable bonds is 6. The number of ether oxygens (including phenoxy) is 1. The molecule has 2 aromatic rings.